The highest BCUT2D eigenvalue weighted by Crippen LogP contribution is 2.46. The molecular weight excluding hydrogens is 414 g/mol. The Bertz CT molecular complexity index is 746. The fraction of sp³-hybridized carbons (Fsp3) is 0.625. The topological polar surface area (TPSA) is 38.3 Å². The summed E-state index contributed by atoms with van der Waals surface area (Å²) in [5.41, 5.74) is 1.29. The summed E-state index contributed by atoms with van der Waals surface area (Å²) in [6.07, 6.45) is 8.54. The molecule has 1 aliphatic heterocycles. The number of carbonyl (C=O) groups excluding carboxylic acids is 1. The number of halogens is 1. The molecule has 1 aromatic carbocycles. The minimum atomic E-state index is -0.640. The van der Waals surface area contributed by atoms with E-state index in [-0.39, 0.29) is 23.4 Å². The molecule has 0 spiro atoms. The van der Waals surface area contributed by atoms with Crippen molar-refractivity contribution in [2.24, 2.45) is 17.8 Å². The van der Waals surface area contributed by atoms with Crippen LogP contribution >= 0.6 is 15.9 Å². The van der Waals surface area contributed by atoms with Gasteiger partial charge in [0.25, 0.3) is 0 Å². The Hall–Kier alpha value is -1.13. The number of piperidine rings is 1. The maximum absolute atomic E-state index is 13.3. The Labute approximate surface area is 177 Å². The molecule has 1 saturated heterocycles. The molecule has 2 fully saturated rings. The van der Waals surface area contributed by atoms with Crippen molar-refractivity contribution in [3.05, 3.63) is 48.0 Å². The lowest BCUT2D eigenvalue weighted by molar-refractivity contribution is -0.160. The van der Waals surface area contributed by atoms with Crippen LogP contribution in [0.2, 0.25) is 0 Å². The second-order valence-corrected chi connectivity index (χ2v) is 11.0. The van der Waals surface area contributed by atoms with Crippen LogP contribution in [0.1, 0.15) is 52.0 Å². The maximum atomic E-state index is 13.3. The summed E-state index contributed by atoms with van der Waals surface area (Å²) in [5.74, 6) is 1.04. The third-order valence-electron chi connectivity index (χ3n) is 7.39. The van der Waals surface area contributed by atoms with Crippen LogP contribution in [-0.2, 0) is 14.9 Å². The lowest BCUT2D eigenvalue weighted by atomic mass is 9.64. The molecule has 1 heterocycles. The molecule has 0 radical (unpaired) electrons. The number of hydrogen-bond acceptors (Lipinski definition) is 3. The summed E-state index contributed by atoms with van der Waals surface area (Å²) in [5, 5.41) is 3.46. The van der Waals surface area contributed by atoms with Crippen LogP contribution in [0.3, 0.4) is 0 Å². The highest BCUT2D eigenvalue weighted by atomic mass is 79.9. The summed E-state index contributed by atoms with van der Waals surface area (Å²) in [6.45, 7) is 7.52. The average Bonchev–Trinajstić information content (AvgIpc) is 3.10. The van der Waals surface area contributed by atoms with Crippen LogP contribution in [0.5, 0.6) is 0 Å². The molecule has 1 N–H and O–H groups in total. The number of allylic oxidation sites excluding steroid dienone is 1. The molecule has 2 bridgehead atoms. The predicted octanol–water partition coefficient (Wildman–Crippen LogP) is 4.99. The molecule has 1 saturated carbocycles. The van der Waals surface area contributed by atoms with Gasteiger partial charge in [-0.3, -0.25) is 4.79 Å². The van der Waals surface area contributed by atoms with Crippen LogP contribution in [0, 0.1) is 17.8 Å². The van der Waals surface area contributed by atoms with E-state index < -0.39 is 4.32 Å². The molecule has 4 rings (SSSR count). The second-order valence-electron chi connectivity index (χ2n) is 9.63. The van der Waals surface area contributed by atoms with Gasteiger partial charge in [-0.05, 0) is 36.2 Å². The van der Waals surface area contributed by atoms with E-state index in [2.05, 4.69) is 84.5 Å². The van der Waals surface area contributed by atoms with Gasteiger partial charge in [-0.25, -0.2) is 0 Å². The standard InChI is InChI=1S/C24H32BrNO2/c1-16-9-12-20(23(2,3)17-7-5-4-6-8-17)21(13-16)28-22(27)24(25)15-26-19-11-10-18(24)14-19/h4-8,10-11,16,18-21,26H,9,12-15H2,1-3H3/t16-,18+,19-,20-,21-,24-/m1/s1. The third kappa shape index (κ3) is 3.59. The maximum Gasteiger partial charge on any atom is 0.325 e. The van der Waals surface area contributed by atoms with Crippen molar-refractivity contribution in [1.82, 2.24) is 5.32 Å². The van der Waals surface area contributed by atoms with Gasteiger partial charge in [-0.2, -0.15) is 0 Å². The van der Waals surface area contributed by atoms with Crippen molar-refractivity contribution >= 4 is 21.9 Å². The number of hydrogen-bond donors (Lipinski definition) is 1. The zero-order valence-electron chi connectivity index (χ0n) is 17.2. The van der Waals surface area contributed by atoms with E-state index in [0.29, 0.717) is 24.4 Å². The van der Waals surface area contributed by atoms with Crippen LogP contribution in [0.4, 0.5) is 0 Å². The van der Waals surface area contributed by atoms with E-state index in [1.807, 2.05) is 0 Å². The highest BCUT2D eigenvalue weighted by Gasteiger charge is 2.51. The molecule has 4 heteroatoms. The van der Waals surface area contributed by atoms with E-state index in [1.54, 1.807) is 0 Å². The first-order valence-electron chi connectivity index (χ1n) is 10.7. The molecular formula is C24H32BrNO2. The zero-order chi connectivity index (χ0) is 19.9. The SMILES string of the molecule is C[C@@H]1CC[C@@H](C(C)(C)c2ccccc2)[C@H](OC(=O)[C@@]2(Br)CN[C@@H]3C=C[C@H]2C3)C1. The number of nitrogens with one attached hydrogen (secondary N) is 1. The van der Waals surface area contributed by atoms with Crippen LogP contribution in [-0.4, -0.2) is 29.0 Å². The number of alkyl halides is 1. The van der Waals surface area contributed by atoms with Crippen molar-refractivity contribution in [2.45, 2.75) is 68.3 Å². The van der Waals surface area contributed by atoms with Gasteiger partial charge in [-0.1, -0.05) is 85.6 Å². The zero-order valence-corrected chi connectivity index (χ0v) is 18.7. The first-order chi connectivity index (χ1) is 13.3. The predicted molar refractivity (Wildman–Crippen MR) is 117 cm³/mol. The number of ether oxygens (including phenoxy) is 1. The largest absolute Gasteiger partial charge is 0.461 e. The number of rotatable bonds is 4. The Balaban J connectivity index is 1.55. The van der Waals surface area contributed by atoms with Crippen molar-refractivity contribution in [3.8, 4) is 0 Å². The van der Waals surface area contributed by atoms with Crippen LogP contribution in [0.15, 0.2) is 42.5 Å². The lowest BCUT2D eigenvalue weighted by Crippen LogP contribution is -2.55. The van der Waals surface area contributed by atoms with E-state index >= 15 is 0 Å². The third-order valence-corrected chi connectivity index (χ3v) is 8.58. The van der Waals surface area contributed by atoms with Crippen molar-refractivity contribution in [1.29, 1.82) is 0 Å². The Morgan fingerprint density at radius 1 is 1.18 bits per heavy atom. The molecule has 2 aliphatic carbocycles. The first-order valence-corrected chi connectivity index (χ1v) is 11.5. The summed E-state index contributed by atoms with van der Waals surface area (Å²) < 4.78 is 5.68. The van der Waals surface area contributed by atoms with Gasteiger partial charge in [0.05, 0.1) is 0 Å². The smallest absolute Gasteiger partial charge is 0.325 e. The molecule has 1 aromatic rings. The fourth-order valence-electron chi connectivity index (χ4n) is 5.43. The summed E-state index contributed by atoms with van der Waals surface area (Å²) >= 11 is 3.78. The molecule has 3 nitrogen and oxygen atoms in total. The molecule has 0 aromatic heterocycles. The van der Waals surface area contributed by atoms with Crippen LogP contribution in [0.25, 0.3) is 0 Å². The summed E-state index contributed by atoms with van der Waals surface area (Å²) in [7, 11) is 0. The lowest BCUT2D eigenvalue weighted by Gasteiger charge is -2.45. The molecule has 0 amide bonds. The van der Waals surface area contributed by atoms with E-state index in [9.17, 15) is 4.79 Å². The van der Waals surface area contributed by atoms with Gasteiger partial charge in [0, 0.05) is 24.4 Å². The minimum Gasteiger partial charge on any atom is -0.461 e. The second kappa shape index (κ2) is 7.60. The number of fused-ring (bicyclic) bond motifs is 2. The van der Waals surface area contributed by atoms with Crippen LogP contribution < -0.4 is 5.32 Å². The van der Waals surface area contributed by atoms with E-state index in [1.165, 1.54) is 12.0 Å². The van der Waals surface area contributed by atoms with Crippen molar-refractivity contribution in [3.63, 3.8) is 0 Å². The summed E-state index contributed by atoms with van der Waals surface area (Å²) in [4.78, 5) is 13.3. The Morgan fingerprint density at radius 2 is 1.93 bits per heavy atom. The van der Waals surface area contributed by atoms with Gasteiger partial charge < -0.3 is 10.1 Å². The number of carbonyl (C=O) groups is 1. The van der Waals surface area contributed by atoms with Gasteiger partial charge >= 0.3 is 5.97 Å². The molecule has 3 aliphatic rings. The monoisotopic (exact) mass is 445 g/mol. The van der Waals surface area contributed by atoms with Crippen molar-refractivity contribution < 1.29 is 9.53 Å². The number of benzene rings is 1. The molecule has 0 unspecified atom stereocenters. The Kier molecular flexibility index (Phi) is 5.47. The fourth-order valence-corrected chi connectivity index (χ4v) is 6.02. The quantitative estimate of drug-likeness (QED) is 0.402. The van der Waals surface area contributed by atoms with E-state index in [4.69, 9.17) is 4.74 Å². The van der Waals surface area contributed by atoms with Gasteiger partial charge in [0.2, 0.25) is 0 Å². The molecule has 6 atom stereocenters. The van der Waals surface area contributed by atoms with Gasteiger partial charge in [0.15, 0.2) is 0 Å². The minimum absolute atomic E-state index is 0.0327. The van der Waals surface area contributed by atoms with Crippen molar-refractivity contribution in [2.75, 3.05) is 6.54 Å². The highest BCUT2D eigenvalue weighted by molar-refractivity contribution is 9.10. The molecule has 152 valence electrons. The van der Waals surface area contributed by atoms with Gasteiger partial charge in [-0.15, -0.1) is 0 Å². The average molecular weight is 446 g/mol. The summed E-state index contributed by atoms with van der Waals surface area (Å²) in [6, 6.07) is 11.1. The van der Waals surface area contributed by atoms with E-state index in [0.717, 1.165) is 19.3 Å². The van der Waals surface area contributed by atoms with Gasteiger partial charge in [0.1, 0.15) is 10.4 Å². The number of esters is 1. The first kappa shape index (κ1) is 20.2. The Morgan fingerprint density at radius 3 is 2.68 bits per heavy atom. The normalized spacial score (nSPS) is 37.6. The molecule has 28 heavy (non-hydrogen) atoms.